The van der Waals surface area contributed by atoms with E-state index in [-0.39, 0.29) is 30.8 Å². The van der Waals surface area contributed by atoms with Crippen LogP contribution in [0.2, 0.25) is 5.28 Å². The molecule has 194 valence electrons. The Labute approximate surface area is 215 Å². The summed E-state index contributed by atoms with van der Waals surface area (Å²) in [6, 6.07) is 10.1. The Morgan fingerprint density at radius 2 is 1.94 bits per heavy atom. The van der Waals surface area contributed by atoms with Crippen LogP contribution in [0.4, 0.5) is 5.82 Å². The Kier molecular flexibility index (Phi) is 8.64. The fourth-order valence-corrected chi connectivity index (χ4v) is 5.35. The number of anilines is 1. The Morgan fingerprint density at radius 1 is 1.14 bits per heavy atom. The molecule has 2 aromatic heterocycles. The van der Waals surface area contributed by atoms with E-state index >= 15 is 0 Å². The number of fused-ring (bicyclic) bond motifs is 1. The van der Waals surface area contributed by atoms with Gasteiger partial charge >= 0.3 is 0 Å². The van der Waals surface area contributed by atoms with Gasteiger partial charge in [-0.3, -0.25) is 0 Å². The molecule has 0 amide bonds. The average molecular weight is 536 g/mol. The number of nitrogens with zero attached hydrogens (tertiary/aromatic N) is 4. The Bertz CT molecular complexity index is 1130. The van der Waals surface area contributed by atoms with Gasteiger partial charge in [-0.05, 0) is 42.8 Å². The molecule has 36 heavy (non-hydrogen) atoms. The van der Waals surface area contributed by atoms with E-state index in [0.717, 1.165) is 36.6 Å². The number of ether oxygens (including phenoxy) is 3. The molecular weight excluding hydrogens is 505 g/mol. The molecule has 0 spiro atoms. The molecular formula is C24H31ClN5O5P. The third-order valence-corrected chi connectivity index (χ3v) is 7.57. The second-order valence-electron chi connectivity index (χ2n) is 9.19. The predicted octanol–water partition coefficient (Wildman–Crippen LogP) is 4.37. The van der Waals surface area contributed by atoms with Gasteiger partial charge in [-0.1, -0.05) is 43.2 Å². The monoisotopic (exact) mass is 535 g/mol. The number of nitrogens with one attached hydrogen (secondary N) is 1. The van der Waals surface area contributed by atoms with Crippen molar-refractivity contribution >= 4 is 36.8 Å². The van der Waals surface area contributed by atoms with Crippen molar-refractivity contribution in [2.24, 2.45) is 0 Å². The molecule has 3 heterocycles. The van der Waals surface area contributed by atoms with Crippen LogP contribution in [-0.4, -0.2) is 60.7 Å². The van der Waals surface area contributed by atoms with Gasteiger partial charge in [-0.15, -0.1) is 0 Å². The second-order valence-corrected chi connectivity index (χ2v) is 10.7. The van der Waals surface area contributed by atoms with Crippen LogP contribution < -0.4 is 5.32 Å². The zero-order chi connectivity index (χ0) is 24.9. The zero-order valence-electron chi connectivity index (χ0n) is 19.9. The van der Waals surface area contributed by atoms with Crippen LogP contribution >= 0.6 is 20.0 Å². The third-order valence-electron chi connectivity index (χ3n) is 6.58. The first-order valence-electron chi connectivity index (χ1n) is 12.3. The number of hydrogen-bond donors (Lipinski definition) is 3. The van der Waals surface area contributed by atoms with Gasteiger partial charge < -0.3 is 29.3 Å². The summed E-state index contributed by atoms with van der Waals surface area (Å²) in [5, 5.41) is 9.02. The molecule has 10 nitrogen and oxygen atoms in total. The Balaban J connectivity index is 1.17. The minimum Gasteiger partial charge on any atom is -0.374 e. The van der Waals surface area contributed by atoms with Gasteiger partial charge in [0.25, 0.3) is 0 Å². The van der Waals surface area contributed by atoms with E-state index in [1.54, 1.807) is 10.9 Å². The summed E-state index contributed by atoms with van der Waals surface area (Å²) >= 11 is 6.25. The summed E-state index contributed by atoms with van der Waals surface area (Å²) in [7, 11) is -2.31. The van der Waals surface area contributed by atoms with Crippen molar-refractivity contribution in [2.75, 3.05) is 18.5 Å². The number of benzene rings is 1. The molecule has 3 atom stereocenters. The quantitative estimate of drug-likeness (QED) is 0.242. The third kappa shape index (κ3) is 6.31. The van der Waals surface area contributed by atoms with Crippen molar-refractivity contribution in [1.82, 2.24) is 19.7 Å². The first kappa shape index (κ1) is 25.7. The summed E-state index contributed by atoms with van der Waals surface area (Å²) in [5.74, 6) is -0.105. The first-order chi connectivity index (χ1) is 17.6. The molecule has 1 saturated carbocycles. The Hall–Kier alpha value is -1.91. The highest BCUT2D eigenvalue weighted by Gasteiger charge is 2.31. The van der Waals surface area contributed by atoms with Gasteiger partial charge in [0.1, 0.15) is 11.7 Å². The molecule has 0 bridgehead atoms. The molecule has 12 heteroatoms. The largest absolute Gasteiger partial charge is 0.374 e. The summed E-state index contributed by atoms with van der Waals surface area (Å²) in [6.45, 7) is 0.680. The topological polar surface area (TPSA) is 124 Å². The molecule has 3 aromatic rings. The molecule has 0 radical (unpaired) electrons. The lowest BCUT2D eigenvalue weighted by Crippen LogP contribution is -2.24. The van der Waals surface area contributed by atoms with E-state index in [9.17, 15) is 9.79 Å². The standard InChI is InChI=1S/C24H31ClN5O5P/c25-24-28-22(27-17-8-4-5-9-17)19-12-26-30(23(19)29-24)20-11-10-18(35-20)14-34-21(36(31)32)15-33-13-16-6-2-1-3-7-16/h1-3,6-7,12,17-18,20-21,31-32H,4-5,8-11,13-15H2,(H,27,28,29). The van der Waals surface area contributed by atoms with Gasteiger partial charge in [0, 0.05) is 6.04 Å². The van der Waals surface area contributed by atoms with Crippen molar-refractivity contribution in [3.8, 4) is 0 Å². The van der Waals surface area contributed by atoms with Gasteiger partial charge in [-0.2, -0.15) is 15.1 Å². The van der Waals surface area contributed by atoms with Crippen LogP contribution in [-0.2, 0) is 20.8 Å². The molecule has 5 rings (SSSR count). The fraction of sp³-hybridized carbons (Fsp3) is 0.542. The highest BCUT2D eigenvalue weighted by Crippen LogP contribution is 2.36. The molecule has 1 aliphatic carbocycles. The van der Waals surface area contributed by atoms with Crippen LogP contribution in [0.3, 0.4) is 0 Å². The van der Waals surface area contributed by atoms with Crippen molar-refractivity contribution in [3.63, 3.8) is 0 Å². The van der Waals surface area contributed by atoms with Crippen molar-refractivity contribution in [3.05, 3.63) is 47.4 Å². The van der Waals surface area contributed by atoms with Gasteiger partial charge in [0.15, 0.2) is 20.3 Å². The van der Waals surface area contributed by atoms with E-state index in [2.05, 4.69) is 20.4 Å². The van der Waals surface area contributed by atoms with Crippen LogP contribution in [0.1, 0.15) is 50.3 Å². The number of halogens is 1. The molecule has 2 fully saturated rings. The highest BCUT2D eigenvalue weighted by atomic mass is 35.5. The first-order valence-corrected chi connectivity index (χ1v) is 14.0. The minimum atomic E-state index is -2.31. The molecule has 1 saturated heterocycles. The normalized spacial score (nSPS) is 21.6. The van der Waals surface area contributed by atoms with E-state index in [0.29, 0.717) is 24.1 Å². The van der Waals surface area contributed by atoms with E-state index in [1.807, 2.05) is 30.3 Å². The molecule has 3 N–H and O–H groups in total. The SMILES string of the molecule is OP(O)C(COCc1ccccc1)OCC1CCC(n2ncc3c(NC4CCCC4)nc(Cl)nc32)O1. The van der Waals surface area contributed by atoms with Crippen LogP contribution in [0.25, 0.3) is 11.0 Å². The smallest absolute Gasteiger partial charge is 0.226 e. The maximum atomic E-state index is 9.79. The lowest BCUT2D eigenvalue weighted by molar-refractivity contribution is -0.0644. The van der Waals surface area contributed by atoms with Crippen LogP contribution in [0.5, 0.6) is 0 Å². The minimum absolute atomic E-state index is 0.0831. The number of aromatic nitrogens is 4. The molecule has 1 aromatic carbocycles. The maximum absolute atomic E-state index is 9.79. The van der Waals surface area contributed by atoms with E-state index in [1.165, 1.54) is 12.8 Å². The molecule has 1 aliphatic heterocycles. The lowest BCUT2D eigenvalue weighted by Gasteiger charge is -2.21. The molecule has 3 unspecified atom stereocenters. The van der Waals surface area contributed by atoms with E-state index in [4.69, 9.17) is 25.8 Å². The van der Waals surface area contributed by atoms with Crippen LogP contribution in [0, 0.1) is 0 Å². The van der Waals surface area contributed by atoms with Crippen molar-refractivity contribution in [1.29, 1.82) is 0 Å². The van der Waals surface area contributed by atoms with Crippen molar-refractivity contribution < 1.29 is 24.0 Å². The Morgan fingerprint density at radius 3 is 2.72 bits per heavy atom. The lowest BCUT2D eigenvalue weighted by atomic mass is 10.2. The zero-order valence-corrected chi connectivity index (χ0v) is 21.5. The second kappa shape index (κ2) is 12.1. The van der Waals surface area contributed by atoms with Gasteiger partial charge in [-0.25, -0.2) is 4.68 Å². The van der Waals surface area contributed by atoms with Crippen LogP contribution in [0.15, 0.2) is 36.5 Å². The average Bonchev–Trinajstić information content (AvgIpc) is 3.63. The summed E-state index contributed by atoms with van der Waals surface area (Å²) in [4.78, 5) is 28.4. The fourth-order valence-electron chi connectivity index (χ4n) is 4.72. The number of hydrogen-bond acceptors (Lipinski definition) is 9. The predicted molar refractivity (Wildman–Crippen MR) is 137 cm³/mol. The summed E-state index contributed by atoms with van der Waals surface area (Å²) in [6.07, 6.45) is 7.35. The summed E-state index contributed by atoms with van der Waals surface area (Å²) < 4.78 is 19.4. The van der Waals surface area contributed by atoms with E-state index < -0.39 is 14.2 Å². The van der Waals surface area contributed by atoms with Crippen molar-refractivity contribution in [2.45, 2.75) is 69.4 Å². The molecule has 2 aliphatic rings. The number of rotatable bonds is 11. The maximum Gasteiger partial charge on any atom is 0.226 e. The van der Waals surface area contributed by atoms with Gasteiger partial charge in [0.2, 0.25) is 5.28 Å². The van der Waals surface area contributed by atoms with Gasteiger partial charge in [0.05, 0.1) is 37.5 Å². The summed E-state index contributed by atoms with van der Waals surface area (Å²) in [5.41, 5.74) is 1.64. The highest BCUT2D eigenvalue weighted by molar-refractivity contribution is 7.45.